The van der Waals surface area contributed by atoms with E-state index >= 15 is 9.59 Å². The number of aromatic amines is 1. The van der Waals surface area contributed by atoms with Crippen LogP contribution in [0, 0.1) is 28.6 Å². The summed E-state index contributed by atoms with van der Waals surface area (Å²) in [5, 5.41) is 46.8. The van der Waals surface area contributed by atoms with Gasteiger partial charge in [-0.15, -0.1) is 0 Å². The highest BCUT2D eigenvalue weighted by molar-refractivity contribution is 5.95. The largest absolute Gasteiger partial charge is 0.496 e. The molecule has 6 fully saturated rings. The van der Waals surface area contributed by atoms with Crippen LogP contribution in [0.4, 0.5) is 5.69 Å². The number of aliphatic hydroxyl groups excluding tert-OH is 1. The van der Waals surface area contributed by atoms with Crippen LogP contribution in [-0.4, -0.2) is 191 Å². The number of amides is 1. The van der Waals surface area contributed by atoms with Gasteiger partial charge in [0.05, 0.1) is 52.3 Å². The number of H-pyrrole nitrogens is 1. The summed E-state index contributed by atoms with van der Waals surface area (Å²) in [6.07, 6.45) is 12.9. The van der Waals surface area contributed by atoms with E-state index in [1.165, 1.54) is 7.11 Å². The third-order valence-corrected chi connectivity index (χ3v) is 20.8. The molecule has 1 spiro atoms. The molecule has 2 aromatic carbocycles. The molecule has 10 atom stereocenters. The van der Waals surface area contributed by atoms with Crippen LogP contribution in [0.5, 0.6) is 5.75 Å². The average Bonchev–Trinajstić information content (AvgIpc) is 1.95. The molecule has 4 bridgehead atoms. The number of anilines is 1. The number of ether oxygens (including phenoxy) is 5. The van der Waals surface area contributed by atoms with Gasteiger partial charge in [-0.25, -0.2) is 0 Å². The summed E-state index contributed by atoms with van der Waals surface area (Å²) in [5.74, 6) is -0.714. The number of aliphatic hydroxyl groups is 3. The molecule has 425 valence electrons. The number of methoxy groups -OCH3 is 3. The van der Waals surface area contributed by atoms with Gasteiger partial charge >= 0.3 is 5.97 Å². The first-order valence-corrected chi connectivity index (χ1v) is 28.9. The van der Waals surface area contributed by atoms with E-state index in [4.69, 9.17) is 23.7 Å². The zero-order valence-corrected chi connectivity index (χ0v) is 46.9. The number of carbonyl (C=O) groups excluding carboxylic acids is 3. The topological polar surface area (TPSA) is 208 Å². The summed E-state index contributed by atoms with van der Waals surface area (Å²) in [5.41, 5.74) is -1.77. The Hall–Kier alpha value is -4.43. The van der Waals surface area contributed by atoms with Crippen LogP contribution in [0.1, 0.15) is 100 Å². The van der Waals surface area contributed by atoms with Gasteiger partial charge in [0.2, 0.25) is 0 Å². The molecule has 1 amide bonds. The lowest BCUT2D eigenvalue weighted by Crippen LogP contribution is -2.82. The molecule has 1 radical (unpaired) electrons. The number of carbonyl (C=O) groups is 3. The van der Waals surface area contributed by atoms with Gasteiger partial charge in [-0.05, 0) is 124 Å². The van der Waals surface area contributed by atoms with E-state index < -0.39 is 51.5 Å². The van der Waals surface area contributed by atoms with Crippen LogP contribution in [0.25, 0.3) is 10.9 Å². The molecule has 3 aromatic rings. The fraction of sp³-hybridized carbons (Fsp3) is 0.672. The maximum absolute atomic E-state index is 15.7. The Morgan fingerprint density at radius 2 is 1.62 bits per heavy atom. The van der Waals surface area contributed by atoms with Crippen molar-refractivity contribution in [3.05, 3.63) is 77.4 Å². The molecule has 6 heterocycles. The molecule has 4 saturated carbocycles. The molecule has 1 aromatic heterocycles. The minimum Gasteiger partial charge on any atom is -0.496 e. The Morgan fingerprint density at radius 1 is 0.885 bits per heavy atom. The summed E-state index contributed by atoms with van der Waals surface area (Å²) in [6.45, 7) is 10.8. The van der Waals surface area contributed by atoms with Gasteiger partial charge in [0.15, 0.2) is 11.4 Å². The average molecular weight is 1080 g/mol. The number of aromatic nitrogens is 1. The van der Waals surface area contributed by atoms with Crippen molar-refractivity contribution < 1.29 is 53.4 Å². The lowest BCUT2D eigenvalue weighted by atomic mass is 9.47. The Morgan fingerprint density at radius 3 is 2.35 bits per heavy atom. The Balaban J connectivity index is 0.903. The number of nitrogens with one attached hydrogen (secondary N) is 3. The predicted molar refractivity (Wildman–Crippen MR) is 296 cm³/mol. The fourth-order valence-electron chi connectivity index (χ4n) is 17.2. The quantitative estimate of drug-likeness (QED) is 0.0529. The first-order valence-electron chi connectivity index (χ1n) is 28.9. The maximum Gasteiger partial charge on any atom is 0.322 e. The molecule has 78 heavy (non-hydrogen) atoms. The smallest absolute Gasteiger partial charge is 0.322 e. The standard InChI is InChI=1S/C61H85N6O11/c1-7-58-15-10-24-67-26-22-59(50(58)67)44-31-45(60(54(71)76-6)34-40-33-55(2,72)39-66(35-40)25-14-43-42-11-8-9-12-46(42)64-49(43)60)48(75-5)32-47(44)65(3)51(59)61(73,52(58)69)53(70)63-38-57-19-16-56(17-20-57,18-21-57)37-62-23-13-41(68)36-78-30-29-77-28-27-74-4/h8-12,15,31-33,40,50-52,62,64,69,72-73H,7,13-14,16-30,34-39H2,1-6H3,(H,63,70)/t40?,50?,51?,52-,55+,56?,57?,58-,59?,60+,61+/m1/s1. The number of nitrogens with zero attached hydrogens (tertiary/aromatic N) is 3. The van der Waals surface area contributed by atoms with Gasteiger partial charge in [0.25, 0.3) is 5.91 Å². The Bertz CT molecular complexity index is 2760. The monoisotopic (exact) mass is 1080 g/mol. The predicted octanol–water partition coefficient (Wildman–Crippen LogP) is 4.36. The van der Waals surface area contributed by atoms with Gasteiger partial charge in [0, 0.05) is 117 Å². The highest BCUT2D eigenvalue weighted by Gasteiger charge is 2.79. The number of hydrogen-bond donors (Lipinski definition) is 6. The molecular weight excluding hydrogens is 993 g/mol. The van der Waals surface area contributed by atoms with E-state index in [0.717, 1.165) is 78.5 Å². The second-order valence-electron chi connectivity index (χ2n) is 25.1. The van der Waals surface area contributed by atoms with E-state index in [9.17, 15) is 20.1 Å². The summed E-state index contributed by atoms with van der Waals surface area (Å²) >= 11 is 0. The van der Waals surface area contributed by atoms with Crippen molar-refractivity contribution in [3.8, 4) is 5.75 Å². The SMILES string of the molecule is CC[C@]12C=CCN3CCC4(c5cc([C@@]6(C(=O)OC)CC7[CH][C@](C)(O)CN(CCc8c6[nH]c6ccccc86)C7)c(OC)cc5N(C)C4[C@@](O)(C(=O)NCC45CCC(CNCCC(=O)COCCOCCOC)(CC4)CC5)[C@@H]1O)C32. The van der Waals surface area contributed by atoms with E-state index in [1.54, 1.807) is 14.2 Å². The molecule has 5 unspecified atom stereocenters. The van der Waals surface area contributed by atoms with E-state index in [1.807, 2.05) is 49.6 Å². The van der Waals surface area contributed by atoms with Gasteiger partial charge in [-0.2, -0.15) is 0 Å². The zero-order chi connectivity index (χ0) is 54.9. The number of esters is 1. The van der Waals surface area contributed by atoms with E-state index in [2.05, 4.69) is 56.6 Å². The minimum atomic E-state index is -2.27. The second-order valence-corrected chi connectivity index (χ2v) is 25.1. The maximum atomic E-state index is 15.7. The lowest BCUT2D eigenvalue weighted by molar-refractivity contribution is -0.204. The summed E-state index contributed by atoms with van der Waals surface area (Å²) in [4.78, 5) is 54.3. The molecule has 5 aliphatic heterocycles. The third-order valence-electron chi connectivity index (χ3n) is 20.8. The first-order chi connectivity index (χ1) is 37.5. The highest BCUT2D eigenvalue weighted by Crippen LogP contribution is 2.68. The number of ketones is 1. The number of piperidine rings is 1. The van der Waals surface area contributed by atoms with Gasteiger partial charge in [0.1, 0.15) is 23.9 Å². The molecule has 6 N–H and O–H groups in total. The number of hydrogen-bond acceptors (Lipinski definition) is 15. The molecule has 9 aliphatic rings. The number of likely N-dealkylation sites (N-methyl/N-ethyl adjacent to an activating group) is 1. The number of rotatable bonds is 20. The van der Waals surface area contributed by atoms with Crippen molar-refractivity contribution >= 4 is 34.3 Å². The lowest BCUT2D eigenvalue weighted by Gasteiger charge is -2.63. The van der Waals surface area contributed by atoms with Gasteiger partial charge in [-0.1, -0.05) is 37.3 Å². The van der Waals surface area contributed by atoms with Crippen LogP contribution >= 0.6 is 0 Å². The van der Waals surface area contributed by atoms with Crippen LogP contribution in [-0.2, 0) is 50.6 Å². The zero-order valence-electron chi connectivity index (χ0n) is 46.9. The van der Waals surface area contributed by atoms with Crippen molar-refractivity contribution in [1.29, 1.82) is 0 Å². The van der Waals surface area contributed by atoms with Crippen molar-refractivity contribution in [2.75, 3.05) is 119 Å². The molecular formula is C61H85N6O11. The van der Waals surface area contributed by atoms with Crippen molar-refractivity contribution in [2.24, 2.45) is 22.2 Å². The molecule has 12 rings (SSSR count). The summed E-state index contributed by atoms with van der Waals surface area (Å²) in [7, 11) is 6.63. The van der Waals surface area contributed by atoms with Crippen molar-refractivity contribution in [3.63, 3.8) is 0 Å². The molecule has 4 aliphatic carbocycles. The van der Waals surface area contributed by atoms with E-state index in [-0.39, 0.29) is 41.6 Å². The van der Waals surface area contributed by atoms with Crippen molar-refractivity contribution in [2.45, 2.75) is 125 Å². The number of para-hydroxylation sites is 1. The number of benzene rings is 2. The van der Waals surface area contributed by atoms with E-state index in [0.29, 0.717) is 109 Å². The Labute approximate surface area is 460 Å². The number of fused-ring (bicyclic) bond motifs is 9. The summed E-state index contributed by atoms with van der Waals surface area (Å²) in [6, 6.07) is 11.1. The van der Waals surface area contributed by atoms with Crippen LogP contribution in [0.15, 0.2) is 48.6 Å². The minimum absolute atomic E-state index is 0.0601. The van der Waals surface area contributed by atoms with Crippen LogP contribution < -0.4 is 20.3 Å². The first kappa shape index (κ1) is 55.5. The molecule has 17 nitrogen and oxygen atoms in total. The fourth-order valence-corrected chi connectivity index (χ4v) is 17.2. The van der Waals surface area contributed by atoms with Crippen LogP contribution in [0.2, 0.25) is 0 Å². The number of Topliss-reactive ketones (excluding diaryl/α,β-unsaturated/α-hetero) is 1. The third kappa shape index (κ3) is 8.86. The van der Waals surface area contributed by atoms with Crippen molar-refractivity contribution in [1.82, 2.24) is 25.4 Å². The van der Waals surface area contributed by atoms with Gasteiger partial charge in [-0.3, -0.25) is 24.2 Å². The highest BCUT2D eigenvalue weighted by atomic mass is 16.5. The van der Waals surface area contributed by atoms with Gasteiger partial charge < -0.3 is 59.5 Å². The van der Waals surface area contributed by atoms with Crippen LogP contribution in [0.3, 0.4) is 0 Å². The molecule has 2 saturated heterocycles. The summed E-state index contributed by atoms with van der Waals surface area (Å²) < 4.78 is 28.4. The molecule has 17 heteroatoms. The Kier molecular flexibility index (Phi) is 15.0. The normalized spacial score (nSPS) is 36.5. The second kappa shape index (κ2) is 21.2.